The van der Waals surface area contributed by atoms with Crippen LogP contribution in [0, 0.1) is 5.82 Å². The van der Waals surface area contributed by atoms with Crippen molar-refractivity contribution in [3.8, 4) is 28.1 Å². The van der Waals surface area contributed by atoms with Gasteiger partial charge >= 0.3 is 0 Å². The Labute approximate surface area is 286 Å². The number of hydrogen-bond acceptors (Lipinski definition) is 1. The van der Waals surface area contributed by atoms with Crippen molar-refractivity contribution in [2.24, 2.45) is 0 Å². The molecule has 0 saturated carbocycles. The first-order chi connectivity index (χ1) is 24.2. The predicted octanol–water partition coefficient (Wildman–Crippen LogP) is 12.7. The molecule has 3 heteroatoms. The number of aromatic nitrogens is 1. The van der Waals surface area contributed by atoms with E-state index >= 15 is 4.39 Å². The molecule has 7 aromatic carbocycles. The first kappa shape index (κ1) is 29.9. The van der Waals surface area contributed by atoms with Crippen LogP contribution in [0.3, 0.4) is 0 Å². The number of halogens is 1. The van der Waals surface area contributed by atoms with Gasteiger partial charge in [0.2, 0.25) is 0 Å². The molecule has 0 radical (unpaired) electrons. The molecule has 0 spiro atoms. The standard InChI is InChI=1S/C46H33FN2/c47-42-23-13-14-24-44(42)48(38-19-9-3-10-20-38)40-30-27-34(28-31-40)25-26-35-29-32-43-41(33-35)45(36-15-5-1-6-16-36)46(37-17-7-2-8-18-37)49(43)39-21-11-4-12-22-39/h1-33H/b26-25+. The summed E-state index contributed by atoms with van der Waals surface area (Å²) < 4.78 is 17.4. The molecule has 0 amide bonds. The minimum Gasteiger partial charge on any atom is -0.309 e. The zero-order valence-electron chi connectivity index (χ0n) is 26.8. The Morgan fingerprint density at radius 3 is 1.67 bits per heavy atom. The summed E-state index contributed by atoms with van der Waals surface area (Å²) in [5.41, 5.74) is 11.5. The van der Waals surface area contributed by atoms with Crippen LogP contribution >= 0.6 is 0 Å². The SMILES string of the molecule is Fc1ccccc1N(c1ccccc1)c1ccc(/C=C/c2ccc3c(c2)c(-c2ccccc2)c(-c2ccccc2)n3-c2ccccc2)cc1. The Hall–Kier alpha value is -6.45. The van der Waals surface area contributed by atoms with Crippen LogP contribution in [-0.4, -0.2) is 4.57 Å². The topological polar surface area (TPSA) is 8.17 Å². The molecule has 8 aromatic rings. The van der Waals surface area contributed by atoms with Crippen molar-refractivity contribution in [3.05, 3.63) is 205 Å². The van der Waals surface area contributed by atoms with Gasteiger partial charge in [0, 0.05) is 28.0 Å². The van der Waals surface area contributed by atoms with Crippen LogP contribution in [0.5, 0.6) is 0 Å². The van der Waals surface area contributed by atoms with Gasteiger partial charge in [0.15, 0.2) is 0 Å². The third-order valence-corrected chi connectivity index (χ3v) is 8.84. The third-order valence-electron chi connectivity index (χ3n) is 8.84. The van der Waals surface area contributed by atoms with Crippen molar-refractivity contribution in [2.75, 3.05) is 4.90 Å². The fourth-order valence-electron chi connectivity index (χ4n) is 6.59. The van der Waals surface area contributed by atoms with Crippen molar-refractivity contribution in [2.45, 2.75) is 0 Å². The van der Waals surface area contributed by atoms with E-state index in [0.717, 1.165) is 33.7 Å². The van der Waals surface area contributed by atoms with Crippen LogP contribution in [0.25, 0.3) is 51.1 Å². The predicted molar refractivity (Wildman–Crippen MR) is 204 cm³/mol. The molecule has 0 aliphatic carbocycles. The Morgan fingerprint density at radius 1 is 0.469 bits per heavy atom. The van der Waals surface area contributed by atoms with E-state index in [2.05, 4.69) is 138 Å². The Bertz CT molecular complexity index is 2360. The van der Waals surface area contributed by atoms with E-state index in [0.29, 0.717) is 5.69 Å². The van der Waals surface area contributed by atoms with Crippen LogP contribution in [-0.2, 0) is 0 Å². The van der Waals surface area contributed by atoms with E-state index in [1.165, 1.54) is 33.8 Å². The molecule has 0 N–H and O–H groups in total. The summed E-state index contributed by atoms with van der Waals surface area (Å²) in [6.07, 6.45) is 4.30. The largest absolute Gasteiger partial charge is 0.309 e. The molecule has 1 heterocycles. The summed E-state index contributed by atoms with van der Waals surface area (Å²) in [5.74, 6) is -0.267. The zero-order chi connectivity index (χ0) is 33.0. The van der Waals surface area contributed by atoms with Gasteiger partial charge in [-0.1, -0.05) is 140 Å². The highest BCUT2D eigenvalue weighted by Gasteiger charge is 2.21. The minimum atomic E-state index is -0.267. The third kappa shape index (κ3) is 5.95. The Morgan fingerprint density at radius 2 is 1.00 bits per heavy atom. The van der Waals surface area contributed by atoms with Gasteiger partial charge in [0.05, 0.1) is 16.9 Å². The number of fused-ring (bicyclic) bond motifs is 1. The van der Waals surface area contributed by atoms with E-state index in [9.17, 15) is 0 Å². The first-order valence-corrected chi connectivity index (χ1v) is 16.5. The van der Waals surface area contributed by atoms with Gasteiger partial charge < -0.3 is 9.47 Å². The lowest BCUT2D eigenvalue weighted by Crippen LogP contribution is -2.11. The van der Waals surface area contributed by atoms with E-state index in [1.54, 1.807) is 6.07 Å². The van der Waals surface area contributed by atoms with Crippen molar-refractivity contribution in [1.29, 1.82) is 0 Å². The summed E-state index contributed by atoms with van der Waals surface area (Å²) in [7, 11) is 0. The number of nitrogens with zero attached hydrogens (tertiary/aromatic N) is 2. The molecule has 0 atom stereocenters. The molecule has 0 bridgehead atoms. The van der Waals surface area contributed by atoms with Crippen molar-refractivity contribution in [1.82, 2.24) is 4.57 Å². The van der Waals surface area contributed by atoms with Gasteiger partial charge in [0.25, 0.3) is 0 Å². The monoisotopic (exact) mass is 632 g/mol. The van der Waals surface area contributed by atoms with Crippen LogP contribution in [0.15, 0.2) is 188 Å². The molecule has 2 nitrogen and oxygen atoms in total. The van der Waals surface area contributed by atoms with Crippen molar-refractivity contribution >= 4 is 40.1 Å². The lowest BCUT2D eigenvalue weighted by atomic mass is 9.97. The molecule has 0 unspecified atom stereocenters. The maximum Gasteiger partial charge on any atom is 0.147 e. The molecular weight excluding hydrogens is 600 g/mol. The molecule has 0 fully saturated rings. The number of rotatable bonds is 8. The Balaban J connectivity index is 1.21. The molecule has 234 valence electrons. The van der Waals surface area contributed by atoms with Crippen molar-refractivity contribution in [3.63, 3.8) is 0 Å². The van der Waals surface area contributed by atoms with E-state index in [1.807, 2.05) is 59.5 Å². The molecule has 0 aliphatic rings. The molecule has 8 rings (SSSR count). The average molecular weight is 633 g/mol. The molecule has 49 heavy (non-hydrogen) atoms. The number of para-hydroxylation sites is 3. The van der Waals surface area contributed by atoms with E-state index < -0.39 is 0 Å². The second-order valence-corrected chi connectivity index (χ2v) is 12.0. The van der Waals surface area contributed by atoms with Crippen molar-refractivity contribution < 1.29 is 4.39 Å². The average Bonchev–Trinajstić information content (AvgIpc) is 3.51. The van der Waals surface area contributed by atoms with Crippen LogP contribution in [0.2, 0.25) is 0 Å². The molecule has 0 aliphatic heterocycles. The second-order valence-electron chi connectivity index (χ2n) is 12.0. The van der Waals surface area contributed by atoms with Crippen LogP contribution < -0.4 is 4.90 Å². The Kier molecular flexibility index (Phi) is 8.15. The van der Waals surface area contributed by atoms with Crippen LogP contribution in [0.4, 0.5) is 21.5 Å². The lowest BCUT2D eigenvalue weighted by molar-refractivity contribution is 0.629. The molecular formula is C46H33FN2. The van der Waals surface area contributed by atoms with E-state index in [-0.39, 0.29) is 5.82 Å². The van der Waals surface area contributed by atoms with Gasteiger partial charge in [-0.05, 0) is 82.9 Å². The van der Waals surface area contributed by atoms with Crippen LogP contribution in [0.1, 0.15) is 11.1 Å². The quantitative estimate of drug-likeness (QED) is 0.151. The van der Waals surface area contributed by atoms with Gasteiger partial charge in [0.1, 0.15) is 5.82 Å². The smallest absolute Gasteiger partial charge is 0.147 e. The van der Waals surface area contributed by atoms with Gasteiger partial charge in [-0.2, -0.15) is 0 Å². The highest BCUT2D eigenvalue weighted by molar-refractivity contribution is 6.06. The molecule has 0 saturated heterocycles. The number of benzene rings is 7. The maximum absolute atomic E-state index is 15.0. The number of anilines is 3. The number of hydrogen-bond donors (Lipinski definition) is 0. The summed E-state index contributed by atoms with van der Waals surface area (Å²) >= 11 is 0. The highest BCUT2D eigenvalue weighted by atomic mass is 19.1. The van der Waals surface area contributed by atoms with E-state index in [4.69, 9.17) is 0 Å². The summed E-state index contributed by atoms with van der Waals surface area (Å²) in [6.45, 7) is 0. The fraction of sp³-hybridized carbons (Fsp3) is 0. The fourth-order valence-corrected chi connectivity index (χ4v) is 6.59. The first-order valence-electron chi connectivity index (χ1n) is 16.5. The van der Waals surface area contributed by atoms with Gasteiger partial charge in [-0.25, -0.2) is 4.39 Å². The normalized spacial score (nSPS) is 11.3. The second kappa shape index (κ2) is 13.3. The maximum atomic E-state index is 15.0. The van der Waals surface area contributed by atoms with Gasteiger partial charge in [-0.3, -0.25) is 0 Å². The summed E-state index contributed by atoms with van der Waals surface area (Å²) in [6, 6.07) is 63.7. The summed E-state index contributed by atoms with van der Waals surface area (Å²) in [5, 5.41) is 1.19. The molecule has 1 aromatic heterocycles. The minimum absolute atomic E-state index is 0.267. The lowest BCUT2D eigenvalue weighted by Gasteiger charge is -2.25. The summed E-state index contributed by atoms with van der Waals surface area (Å²) in [4.78, 5) is 1.95. The highest BCUT2D eigenvalue weighted by Crippen LogP contribution is 2.43. The zero-order valence-corrected chi connectivity index (χ0v) is 26.8. The van der Waals surface area contributed by atoms with Gasteiger partial charge in [-0.15, -0.1) is 0 Å².